The summed E-state index contributed by atoms with van der Waals surface area (Å²) in [4.78, 5) is 2.45. The Labute approximate surface area is 104 Å². The van der Waals surface area contributed by atoms with Crippen LogP contribution in [-0.4, -0.2) is 31.6 Å². The van der Waals surface area contributed by atoms with Gasteiger partial charge in [-0.05, 0) is 57.5 Å². The molecule has 1 N–H and O–H groups in total. The van der Waals surface area contributed by atoms with Crippen molar-refractivity contribution in [3.05, 3.63) is 29.3 Å². The number of anilines is 1. The summed E-state index contributed by atoms with van der Waals surface area (Å²) in [5.74, 6) is 1.63. The van der Waals surface area contributed by atoms with Gasteiger partial charge in [0.25, 0.3) is 0 Å². The molecule has 1 fully saturated rings. The number of nitrogens with zero attached hydrogens (tertiary/aromatic N) is 1. The summed E-state index contributed by atoms with van der Waals surface area (Å²) in [6, 6.07) is 6.85. The maximum absolute atomic E-state index is 3.57. The number of benzene rings is 1. The van der Waals surface area contributed by atoms with Crippen LogP contribution < -0.4 is 5.32 Å². The van der Waals surface area contributed by atoms with Crippen molar-refractivity contribution in [2.45, 2.75) is 25.7 Å². The van der Waals surface area contributed by atoms with E-state index in [0.717, 1.165) is 18.4 Å². The highest BCUT2D eigenvalue weighted by molar-refractivity contribution is 5.59. The fourth-order valence-corrected chi connectivity index (χ4v) is 3.33. The zero-order chi connectivity index (χ0) is 11.8. The standard InChI is InChI=1S/C15H22N2/c1-11-3-4-15-13(9-11)14(10-16-15)12-5-7-17(2)8-6-12/h3-4,9,12,14,16H,5-8,10H2,1-2H3. The van der Waals surface area contributed by atoms with Crippen LogP contribution >= 0.6 is 0 Å². The Bertz CT molecular complexity index is 405. The predicted molar refractivity (Wildman–Crippen MR) is 72.6 cm³/mol. The minimum Gasteiger partial charge on any atom is -0.384 e. The van der Waals surface area contributed by atoms with E-state index in [2.05, 4.69) is 42.4 Å². The SMILES string of the molecule is Cc1ccc2c(c1)C(C1CCN(C)CC1)CN2. The third-order valence-electron chi connectivity index (χ3n) is 4.45. The third-order valence-corrected chi connectivity index (χ3v) is 4.45. The fraction of sp³-hybridized carbons (Fsp3) is 0.600. The first-order valence-corrected chi connectivity index (χ1v) is 6.77. The monoisotopic (exact) mass is 230 g/mol. The molecule has 0 saturated carbocycles. The van der Waals surface area contributed by atoms with Crippen molar-refractivity contribution in [1.29, 1.82) is 0 Å². The van der Waals surface area contributed by atoms with Gasteiger partial charge < -0.3 is 10.2 Å². The number of rotatable bonds is 1. The normalized spacial score (nSPS) is 25.6. The molecule has 1 saturated heterocycles. The van der Waals surface area contributed by atoms with Crippen molar-refractivity contribution in [3.8, 4) is 0 Å². The van der Waals surface area contributed by atoms with Crippen molar-refractivity contribution >= 4 is 5.69 Å². The molecule has 0 spiro atoms. The molecule has 1 unspecified atom stereocenters. The third kappa shape index (κ3) is 2.06. The van der Waals surface area contributed by atoms with Gasteiger partial charge in [0.05, 0.1) is 0 Å². The van der Waals surface area contributed by atoms with Crippen LogP contribution in [0.3, 0.4) is 0 Å². The number of likely N-dealkylation sites (tertiary alicyclic amines) is 1. The molecule has 0 bridgehead atoms. The van der Waals surface area contributed by atoms with Gasteiger partial charge in [0.15, 0.2) is 0 Å². The van der Waals surface area contributed by atoms with Gasteiger partial charge in [-0.2, -0.15) is 0 Å². The van der Waals surface area contributed by atoms with Gasteiger partial charge in [0.1, 0.15) is 0 Å². The molecule has 1 aromatic rings. The average molecular weight is 230 g/mol. The summed E-state index contributed by atoms with van der Waals surface area (Å²) in [5.41, 5.74) is 4.34. The second-order valence-electron chi connectivity index (χ2n) is 5.72. The van der Waals surface area contributed by atoms with E-state index in [-0.39, 0.29) is 0 Å². The minimum absolute atomic E-state index is 0.749. The number of aryl methyl sites for hydroxylation is 1. The van der Waals surface area contributed by atoms with Crippen molar-refractivity contribution in [2.24, 2.45) is 5.92 Å². The average Bonchev–Trinajstić information content (AvgIpc) is 2.73. The quantitative estimate of drug-likeness (QED) is 0.798. The van der Waals surface area contributed by atoms with Gasteiger partial charge in [0, 0.05) is 18.2 Å². The van der Waals surface area contributed by atoms with Crippen molar-refractivity contribution in [2.75, 3.05) is 32.0 Å². The molecule has 2 heteroatoms. The molecule has 0 aliphatic carbocycles. The van der Waals surface area contributed by atoms with Crippen molar-refractivity contribution in [1.82, 2.24) is 4.90 Å². The summed E-state index contributed by atoms with van der Waals surface area (Å²) in [5, 5.41) is 3.57. The van der Waals surface area contributed by atoms with Crippen LogP contribution in [0.2, 0.25) is 0 Å². The Kier molecular flexibility index (Phi) is 2.83. The summed E-state index contributed by atoms with van der Waals surface area (Å²) in [7, 11) is 2.24. The molecule has 1 atom stereocenters. The molecule has 17 heavy (non-hydrogen) atoms. The predicted octanol–water partition coefficient (Wildman–Crippen LogP) is 2.85. The first-order valence-electron chi connectivity index (χ1n) is 6.77. The zero-order valence-electron chi connectivity index (χ0n) is 10.9. The molecule has 0 amide bonds. The molecule has 2 heterocycles. The fourth-order valence-electron chi connectivity index (χ4n) is 3.33. The highest BCUT2D eigenvalue weighted by atomic mass is 15.1. The lowest BCUT2D eigenvalue weighted by atomic mass is 9.81. The van der Waals surface area contributed by atoms with Crippen LogP contribution in [0, 0.1) is 12.8 Å². The minimum atomic E-state index is 0.749. The van der Waals surface area contributed by atoms with Gasteiger partial charge in [-0.1, -0.05) is 17.7 Å². The zero-order valence-corrected chi connectivity index (χ0v) is 10.9. The molecule has 0 radical (unpaired) electrons. The van der Waals surface area contributed by atoms with E-state index >= 15 is 0 Å². The van der Waals surface area contributed by atoms with E-state index in [1.54, 1.807) is 5.56 Å². The molecule has 2 nitrogen and oxygen atoms in total. The first kappa shape index (κ1) is 11.1. The molecular weight excluding hydrogens is 208 g/mol. The molecule has 92 valence electrons. The van der Waals surface area contributed by atoms with E-state index in [1.165, 1.54) is 37.2 Å². The van der Waals surface area contributed by atoms with E-state index in [0.29, 0.717) is 0 Å². The van der Waals surface area contributed by atoms with Crippen LogP contribution in [0.1, 0.15) is 29.9 Å². The molecule has 2 aliphatic rings. The van der Waals surface area contributed by atoms with Crippen LogP contribution in [0.4, 0.5) is 5.69 Å². The van der Waals surface area contributed by atoms with Crippen LogP contribution in [0.25, 0.3) is 0 Å². The van der Waals surface area contributed by atoms with Gasteiger partial charge in [0.2, 0.25) is 0 Å². The Balaban J connectivity index is 1.81. The number of nitrogens with one attached hydrogen (secondary N) is 1. The lowest BCUT2D eigenvalue weighted by Crippen LogP contribution is -2.33. The maximum Gasteiger partial charge on any atom is 0.0376 e. The second-order valence-corrected chi connectivity index (χ2v) is 5.72. The summed E-state index contributed by atoms with van der Waals surface area (Å²) >= 11 is 0. The van der Waals surface area contributed by atoms with Crippen LogP contribution in [-0.2, 0) is 0 Å². The lowest BCUT2D eigenvalue weighted by molar-refractivity contribution is 0.202. The van der Waals surface area contributed by atoms with Crippen LogP contribution in [0.5, 0.6) is 0 Å². The Morgan fingerprint density at radius 3 is 2.76 bits per heavy atom. The summed E-state index contributed by atoms with van der Waals surface area (Å²) < 4.78 is 0. The van der Waals surface area contributed by atoms with Gasteiger partial charge in [-0.25, -0.2) is 0 Å². The summed E-state index contributed by atoms with van der Waals surface area (Å²) in [6.07, 6.45) is 2.71. The topological polar surface area (TPSA) is 15.3 Å². The van der Waals surface area contributed by atoms with Crippen molar-refractivity contribution < 1.29 is 0 Å². The van der Waals surface area contributed by atoms with Crippen LogP contribution in [0.15, 0.2) is 18.2 Å². The largest absolute Gasteiger partial charge is 0.384 e. The summed E-state index contributed by atoms with van der Waals surface area (Å²) in [6.45, 7) is 5.88. The number of fused-ring (bicyclic) bond motifs is 1. The highest BCUT2D eigenvalue weighted by Gasteiger charge is 2.31. The smallest absolute Gasteiger partial charge is 0.0376 e. The maximum atomic E-state index is 3.57. The van der Waals surface area contributed by atoms with E-state index in [9.17, 15) is 0 Å². The van der Waals surface area contributed by atoms with Gasteiger partial charge in [-0.15, -0.1) is 0 Å². The Hall–Kier alpha value is -1.02. The number of hydrogen-bond acceptors (Lipinski definition) is 2. The Morgan fingerprint density at radius 2 is 2.00 bits per heavy atom. The molecule has 2 aliphatic heterocycles. The number of hydrogen-bond donors (Lipinski definition) is 1. The molecule has 1 aromatic carbocycles. The van der Waals surface area contributed by atoms with E-state index in [4.69, 9.17) is 0 Å². The van der Waals surface area contributed by atoms with Gasteiger partial charge >= 0.3 is 0 Å². The van der Waals surface area contributed by atoms with Gasteiger partial charge in [-0.3, -0.25) is 0 Å². The Morgan fingerprint density at radius 1 is 1.24 bits per heavy atom. The molecular formula is C15H22N2. The lowest BCUT2D eigenvalue weighted by Gasteiger charge is -2.32. The van der Waals surface area contributed by atoms with Crippen molar-refractivity contribution in [3.63, 3.8) is 0 Å². The number of piperidine rings is 1. The second kappa shape index (κ2) is 4.34. The molecule has 3 rings (SSSR count). The first-order chi connectivity index (χ1) is 8.24. The van der Waals surface area contributed by atoms with E-state index < -0.39 is 0 Å². The molecule has 0 aromatic heterocycles. The van der Waals surface area contributed by atoms with E-state index in [1.807, 2.05) is 0 Å². The highest BCUT2D eigenvalue weighted by Crippen LogP contribution is 2.40.